The monoisotopic (exact) mass is 245 g/mol. The van der Waals surface area contributed by atoms with Crippen LogP contribution in [0.15, 0.2) is 39.9 Å². The van der Waals surface area contributed by atoms with Crippen molar-refractivity contribution in [2.24, 2.45) is 7.05 Å². The molecule has 0 saturated heterocycles. The Morgan fingerprint density at radius 1 is 1.17 bits per heavy atom. The average molecular weight is 245 g/mol. The molecule has 0 unspecified atom stereocenters. The van der Waals surface area contributed by atoms with Gasteiger partial charge in [-0.05, 0) is 19.1 Å². The molecule has 94 valence electrons. The van der Waals surface area contributed by atoms with Gasteiger partial charge in [-0.25, -0.2) is 4.79 Å². The van der Waals surface area contributed by atoms with Crippen LogP contribution < -0.4 is 16.1 Å². The summed E-state index contributed by atoms with van der Waals surface area (Å²) in [7, 11) is 3.24. The van der Waals surface area contributed by atoms with Crippen molar-refractivity contribution in [1.29, 1.82) is 0 Å². The Hall–Kier alpha value is -2.30. The van der Waals surface area contributed by atoms with Gasteiger partial charge in [0.25, 0.3) is 5.56 Å². The summed E-state index contributed by atoms with van der Waals surface area (Å²) in [6.45, 7) is 2.00. The van der Waals surface area contributed by atoms with Gasteiger partial charge in [-0.3, -0.25) is 14.3 Å². The summed E-state index contributed by atoms with van der Waals surface area (Å²) in [6, 6.07) is 9.23. The number of aromatic nitrogens is 2. The average Bonchev–Trinajstić information content (AvgIpc) is 2.35. The zero-order valence-electron chi connectivity index (χ0n) is 10.6. The normalized spacial score (nSPS) is 10.4. The Bertz CT molecular complexity index is 637. The fourth-order valence-corrected chi connectivity index (χ4v) is 1.63. The van der Waals surface area contributed by atoms with Crippen molar-refractivity contribution in [2.45, 2.75) is 6.92 Å². The van der Waals surface area contributed by atoms with E-state index in [1.54, 1.807) is 11.9 Å². The SMILES string of the molecule is Cc1ccc(N(C)c2cc(=O)n(C)c(=O)[nH]2)cc1. The van der Waals surface area contributed by atoms with E-state index in [1.165, 1.54) is 13.1 Å². The maximum absolute atomic E-state index is 11.6. The number of hydrogen-bond donors (Lipinski definition) is 1. The lowest BCUT2D eigenvalue weighted by atomic mass is 10.2. The fraction of sp³-hybridized carbons (Fsp3) is 0.231. The van der Waals surface area contributed by atoms with E-state index in [9.17, 15) is 9.59 Å². The Labute approximate surface area is 104 Å². The summed E-state index contributed by atoms with van der Waals surface area (Å²) in [4.78, 5) is 27.5. The van der Waals surface area contributed by atoms with Crippen molar-refractivity contribution in [1.82, 2.24) is 9.55 Å². The first-order chi connectivity index (χ1) is 8.49. The van der Waals surface area contributed by atoms with Crippen LogP contribution in [0.2, 0.25) is 0 Å². The number of hydrogen-bond acceptors (Lipinski definition) is 3. The lowest BCUT2D eigenvalue weighted by Gasteiger charge is -2.18. The number of rotatable bonds is 2. The molecule has 5 nitrogen and oxygen atoms in total. The van der Waals surface area contributed by atoms with Gasteiger partial charge < -0.3 is 4.90 Å². The van der Waals surface area contributed by atoms with Gasteiger partial charge in [-0.1, -0.05) is 17.7 Å². The highest BCUT2D eigenvalue weighted by Crippen LogP contribution is 2.19. The first-order valence-corrected chi connectivity index (χ1v) is 5.60. The zero-order chi connectivity index (χ0) is 13.3. The minimum Gasteiger partial charge on any atom is -0.331 e. The largest absolute Gasteiger partial charge is 0.331 e. The summed E-state index contributed by atoms with van der Waals surface area (Å²) in [6.07, 6.45) is 0. The second-order valence-corrected chi connectivity index (χ2v) is 4.25. The quantitative estimate of drug-likeness (QED) is 0.863. The molecule has 1 aromatic carbocycles. The molecular formula is C13H15N3O2. The van der Waals surface area contributed by atoms with Crippen LogP contribution in [0.4, 0.5) is 11.5 Å². The molecule has 2 rings (SSSR count). The molecule has 0 amide bonds. The van der Waals surface area contributed by atoms with E-state index < -0.39 is 5.69 Å². The van der Waals surface area contributed by atoms with Crippen LogP contribution in [0, 0.1) is 6.92 Å². The van der Waals surface area contributed by atoms with Gasteiger partial charge in [0.2, 0.25) is 0 Å². The fourth-order valence-electron chi connectivity index (χ4n) is 1.63. The summed E-state index contributed by atoms with van der Waals surface area (Å²) < 4.78 is 1.03. The van der Waals surface area contributed by atoms with Crippen molar-refractivity contribution in [3.05, 3.63) is 56.7 Å². The van der Waals surface area contributed by atoms with Gasteiger partial charge in [0.1, 0.15) is 5.82 Å². The Kier molecular flexibility index (Phi) is 3.06. The van der Waals surface area contributed by atoms with E-state index in [2.05, 4.69) is 4.98 Å². The molecular weight excluding hydrogens is 230 g/mol. The van der Waals surface area contributed by atoms with Crippen LogP contribution in [0.3, 0.4) is 0 Å². The lowest BCUT2D eigenvalue weighted by molar-refractivity contribution is 0.773. The lowest BCUT2D eigenvalue weighted by Crippen LogP contribution is -2.33. The number of anilines is 2. The van der Waals surface area contributed by atoms with Crippen molar-refractivity contribution in [3.8, 4) is 0 Å². The smallest absolute Gasteiger partial charge is 0.329 e. The third kappa shape index (κ3) is 2.20. The number of benzene rings is 1. The van der Waals surface area contributed by atoms with E-state index in [0.29, 0.717) is 5.82 Å². The van der Waals surface area contributed by atoms with Crippen LogP contribution in [-0.2, 0) is 7.05 Å². The minimum atomic E-state index is -0.420. The van der Waals surface area contributed by atoms with Crippen LogP contribution in [0.5, 0.6) is 0 Å². The molecule has 0 aliphatic rings. The molecule has 0 atom stereocenters. The number of H-pyrrole nitrogens is 1. The van der Waals surface area contributed by atoms with Crippen LogP contribution in [0.1, 0.15) is 5.56 Å². The highest BCUT2D eigenvalue weighted by molar-refractivity contribution is 5.58. The van der Waals surface area contributed by atoms with Crippen molar-refractivity contribution < 1.29 is 0 Å². The van der Waals surface area contributed by atoms with Gasteiger partial charge in [0.05, 0.1) is 0 Å². The summed E-state index contributed by atoms with van der Waals surface area (Å²) in [5.41, 5.74) is 1.32. The molecule has 0 spiro atoms. The predicted octanol–water partition coefficient (Wildman–Crippen LogP) is 1.15. The van der Waals surface area contributed by atoms with Gasteiger partial charge in [0, 0.05) is 25.8 Å². The van der Waals surface area contributed by atoms with E-state index >= 15 is 0 Å². The Morgan fingerprint density at radius 2 is 1.78 bits per heavy atom. The standard InChI is InChI=1S/C13H15N3O2/c1-9-4-6-10(7-5-9)15(2)11-8-12(17)16(3)13(18)14-11/h4-8H,1-3H3,(H,14,18). The van der Waals surface area contributed by atoms with Gasteiger partial charge in [-0.2, -0.15) is 0 Å². The number of nitrogens with one attached hydrogen (secondary N) is 1. The molecule has 18 heavy (non-hydrogen) atoms. The number of nitrogens with zero attached hydrogens (tertiary/aromatic N) is 2. The summed E-state index contributed by atoms with van der Waals surface area (Å²) in [5, 5.41) is 0. The third-order valence-corrected chi connectivity index (χ3v) is 2.91. The van der Waals surface area contributed by atoms with Gasteiger partial charge in [0.15, 0.2) is 0 Å². The first-order valence-electron chi connectivity index (χ1n) is 5.60. The van der Waals surface area contributed by atoms with E-state index in [1.807, 2.05) is 31.2 Å². The highest BCUT2D eigenvalue weighted by atomic mass is 16.2. The number of aromatic amines is 1. The van der Waals surface area contributed by atoms with E-state index in [4.69, 9.17) is 0 Å². The molecule has 1 aromatic heterocycles. The van der Waals surface area contributed by atoms with E-state index in [-0.39, 0.29) is 5.56 Å². The minimum absolute atomic E-state index is 0.326. The van der Waals surface area contributed by atoms with Gasteiger partial charge >= 0.3 is 5.69 Å². The van der Waals surface area contributed by atoms with Crippen LogP contribution in [-0.4, -0.2) is 16.6 Å². The molecule has 0 radical (unpaired) electrons. The molecule has 2 aromatic rings. The maximum Gasteiger partial charge on any atom is 0.329 e. The maximum atomic E-state index is 11.6. The van der Waals surface area contributed by atoms with E-state index in [0.717, 1.165) is 15.8 Å². The molecule has 1 N–H and O–H groups in total. The summed E-state index contributed by atoms with van der Waals surface area (Å²) in [5.74, 6) is 0.479. The molecule has 0 aliphatic carbocycles. The molecule has 1 heterocycles. The topological polar surface area (TPSA) is 58.1 Å². The zero-order valence-corrected chi connectivity index (χ0v) is 10.6. The molecule has 0 fully saturated rings. The Morgan fingerprint density at radius 3 is 2.33 bits per heavy atom. The van der Waals surface area contributed by atoms with Crippen LogP contribution >= 0.6 is 0 Å². The third-order valence-electron chi connectivity index (χ3n) is 2.91. The second-order valence-electron chi connectivity index (χ2n) is 4.25. The number of aryl methyl sites for hydroxylation is 1. The Balaban J connectivity index is 2.46. The highest BCUT2D eigenvalue weighted by Gasteiger charge is 2.07. The molecule has 0 saturated carbocycles. The van der Waals surface area contributed by atoms with Crippen LogP contribution in [0.25, 0.3) is 0 Å². The van der Waals surface area contributed by atoms with Gasteiger partial charge in [-0.15, -0.1) is 0 Å². The van der Waals surface area contributed by atoms with Crippen molar-refractivity contribution in [3.63, 3.8) is 0 Å². The van der Waals surface area contributed by atoms with Crippen molar-refractivity contribution in [2.75, 3.05) is 11.9 Å². The predicted molar refractivity (Wildman–Crippen MR) is 71.5 cm³/mol. The second kappa shape index (κ2) is 4.52. The molecule has 0 aliphatic heterocycles. The molecule has 5 heteroatoms. The summed E-state index contributed by atoms with van der Waals surface area (Å²) >= 11 is 0. The van der Waals surface area contributed by atoms with Crippen molar-refractivity contribution >= 4 is 11.5 Å². The molecule has 0 bridgehead atoms. The first kappa shape index (κ1) is 12.2.